The Hall–Kier alpha value is -1.86. The van der Waals surface area contributed by atoms with Gasteiger partial charge in [0.25, 0.3) is 5.56 Å². The van der Waals surface area contributed by atoms with Crippen molar-refractivity contribution in [2.45, 2.75) is 37.2 Å². The van der Waals surface area contributed by atoms with Gasteiger partial charge >= 0.3 is 0 Å². The molecule has 0 bridgehead atoms. The van der Waals surface area contributed by atoms with E-state index in [2.05, 4.69) is 10.3 Å². The molecule has 23 heavy (non-hydrogen) atoms. The molecule has 2 aromatic rings. The predicted molar refractivity (Wildman–Crippen MR) is 91.7 cm³/mol. The number of para-hydroxylation sites is 1. The first-order valence-electron chi connectivity index (χ1n) is 7.63. The third-order valence-electron chi connectivity index (χ3n) is 3.37. The monoisotopic (exact) mass is 335 g/mol. The fourth-order valence-electron chi connectivity index (χ4n) is 2.19. The highest BCUT2D eigenvalue weighted by atomic mass is 32.2. The molecule has 1 unspecified atom stereocenters. The van der Waals surface area contributed by atoms with Crippen molar-refractivity contribution in [3.63, 3.8) is 0 Å². The van der Waals surface area contributed by atoms with Crippen LogP contribution in [-0.2, 0) is 11.3 Å². The van der Waals surface area contributed by atoms with Crippen LogP contribution >= 0.6 is 11.8 Å². The number of fused-ring (bicyclic) bond motifs is 1. The Kier molecular flexibility index (Phi) is 6.18. The van der Waals surface area contributed by atoms with E-state index in [9.17, 15) is 9.59 Å². The summed E-state index contributed by atoms with van der Waals surface area (Å²) in [6.07, 6.45) is 0.461. The normalized spacial score (nSPS) is 12.3. The number of carbonyl (C=O) groups excluding carboxylic acids is 1. The molecule has 1 amide bonds. The summed E-state index contributed by atoms with van der Waals surface area (Å²) in [5, 5.41) is 12.5. The van der Waals surface area contributed by atoms with Gasteiger partial charge in [0.1, 0.15) is 0 Å². The van der Waals surface area contributed by atoms with E-state index in [0.29, 0.717) is 35.6 Å². The Morgan fingerprint density at radius 3 is 2.87 bits per heavy atom. The Morgan fingerprint density at radius 1 is 1.43 bits per heavy atom. The lowest BCUT2D eigenvalue weighted by Gasteiger charge is -2.15. The predicted octanol–water partition coefficient (Wildman–Crippen LogP) is 1.40. The SMILES string of the molecule is CCNC(=O)C(C)Sc1nc2ccccc2c(=O)n1CCCO. The van der Waals surface area contributed by atoms with Crippen LogP contribution < -0.4 is 10.9 Å². The molecule has 7 heteroatoms. The number of carbonyl (C=O) groups is 1. The molecule has 0 aliphatic heterocycles. The highest BCUT2D eigenvalue weighted by molar-refractivity contribution is 8.00. The molecule has 124 valence electrons. The first-order chi connectivity index (χ1) is 11.1. The van der Waals surface area contributed by atoms with Crippen molar-refractivity contribution in [1.82, 2.24) is 14.9 Å². The van der Waals surface area contributed by atoms with Gasteiger partial charge in [-0.25, -0.2) is 4.98 Å². The van der Waals surface area contributed by atoms with Crippen LogP contribution in [0, 0.1) is 0 Å². The van der Waals surface area contributed by atoms with Gasteiger partial charge in [0, 0.05) is 19.7 Å². The highest BCUT2D eigenvalue weighted by Gasteiger charge is 2.18. The quantitative estimate of drug-likeness (QED) is 0.590. The summed E-state index contributed by atoms with van der Waals surface area (Å²) in [5.74, 6) is -0.0892. The van der Waals surface area contributed by atoms with Crippen LogP contribution in [0.25, 0.3) is 10.9 Å². The first-order valence-corrected chi connectivity index (χ1v) is 8.51. The molecule has 1 aromatic carbocycles. The van der Waals surface area contributed by atoms with Crippen LogP contribution in [-0.4, -0.2) is 39.0 Å². The molecule has 1 atom stereocenters. The number of benzene rings is 1. The van der Waals surface area contributed by atoms with Crippen molar-refractivity contribution in [2.75, 3.05) is 13.2 Å². The number of aliphatic hydroxyl groups excluding tert-OH is 1. The van der Waals surface area contributed by atoms with E-state index in [0.717, 1.165) is 0 Å². The summed E-state index contributed by atoms with van der Waals surface area (Å²) >= 11 is 1.26. The number of rotatable bonds is 7. The lowest BCUT2D eigenvalue weighted by atomic mass is 10.2. The molecular weight excluding hydrogens is 314 g/mol. The minimum Gasteiger partial charge on any atom is -0.396 e. The van der Waals surface area contributed by atoms with Crippen LogP contribution in [0.2, 0.25) is 0 Å². The molecule has 0 fully saturated rings. The van der Waals surface area contributed by atoms with E-state index >= 15 is 0 Å². The number of amides is 1. The van der Waals surface area contributed by atoms with Crippen molar-refractivity contribution < 1.29 is 9.90 Å². The second kappa shape index (κ2) is 8.12. The molecule has 0 spiro atoms. The number of thioether (sulfide) groups is 1. The van der Waals surface area contributed by atoms with Crippen LogP contribution in [0.1, 0.15) is 20.3 Å². The largest absolute Gasteiger partial charge is 0.396 e. The van der Waals surface area contributed by atoms with Gasteiger partial charge in [-0.05, 0) is 32.4 Å². The maximum Gasteiger partial charge on any atom is 0.262 e. The van der Waals surface area contributed by atoms with Gasteiger partial charge in [0.2, 0.25) is 5.91 Å². The summed E-state index contributed by atoms with van der Waals surface area (Å²) < 4.78 is 1.54. The minimum atomic E-state index is -0.358. The average Bonchev–Trinajstić information content (AvgIpc) is 2.55. The third kappa shape index (κ3) is 4.11. The van der Waals surface area contributed by atoms with Crippen LogP contribution in [0.3, 0.4) is 0 Å². The lowest BCUT2D eigenvalue weighted by Crippen LogP contribution is -2.32. The maximum absolute atomic E-state index is 12.7. The summed E-state index contributed by atoms with van der Waals surface area (Å²) in [6.45, 7) is 4.58. The van der Waals surface area contributed by atoms with Crippen molar-refractivity contribution in [3.05, 3.63) is 34.6 Å². The van der Waals surface area contributed by atoms with Gasteiger partial charge in [0.15, 0.2) is 5.16 Å². The fraction of sp³-hybridized carbons (Fsp3) is 0.438. The van der Waals surface area contributed by atoms with Gasteiger partial charge in [0.05, 0.1) is 16.2 Å². The first kappa shape index (κ1) is 17.5. The summed E-state index contributed by atoms with van der Waals surface area (Å²) in [4.78, 5) is 29.1. The average molecular weight is 335 g/mol. The smallest absolute Gasteiger partial charge is 0.262 e. The number of hydrogen-bond acceptors (Lipinski definition) is 5. The third-order valence-corrected chi connectivity index (χ3v) is 4.46. The topological polar surface area (TPSA) is 84.2 Å². The molecule has 2 N–H and O–H groups in total. The Balaban J connectivity index is 2.43. The molecule has 1 aromatic heterocycles. The van der Waals surface area contributed by atoms with Crippen LogP contribution in [0.4, 0.5) is 0 Å². The highest BCUT2D eigenvalue weighted by Crippen LogP contribution is 2.22. The maximum atomic E-state index is 12.7. The molecule has 1 heterocycles. The van der Waals surface area contributed by atoms with Crippen molar-refractivity contribution in [3.8, 4) is 0 Å². The molecule has 0 aliphatic carbocycles. The molecule has 0 saturated heterocycles. The summed E-state index contributed by atoms with van der Waals surface area (Å²) in [5.41, 5.74) is 0.470. The van der Waals surface area contributed by atoms with Crippen molar-refractivity contribution in [1.29, 1.82) is 0 Å². The van der Waals surface area contributed by atoms with E-state index < -0.39 is 0 Å². The molecule has 0 radical (unpaired) electrons. The van der Waals surface area contributed by atoms with Gasteiger partial charge in [-0.3, -0.25) is 14.2 Å². The van der Waals surface area contributed by atoms with Gasteiger partial charge in [-0.2, -0.15) is 0 Å². The number of nitrogens with zero attached hydrogens (tertiary/aromatic N) is 2. The number of aromatic nitrogens is 2. The molecule has 0 saturated carbocycles. The second-order valence-corrected chi connectivity index (χ2v) is 6.41. The lowest BCUT2D eigenvalue weighted by molar-refractivity contribution is -0.120. The van der Waals surface area contributed by atoms with E-state index in [4.69, 9.17) is 5.11 Å². The van der Waals surface area contributed by atoms with Gasteiger partial charge in [-0.15, -0.1) is 0 Å². The van der Waals surface area contributed by atoms with Crippen LogP contribution in [0.5, 0.6) is 0 Å². The minimum absolute atomic E-state index is 0.00471. The van der Waals surface area contributed by atoms with E-state index in [1.165, 1.54) is 11.8 Å². The Morgan fingerprint density at radius 2 is 2.17 bits per heavy atom. The second-order valence-electron chi connectivity index (χ2n) is 5.10. The van der Waals surface area contributed by atoms with Gasteiger partial charge in [-0.1, -0.05) is 23.9 Å². The van der Waals surface area contributed by atoms with E-state index in [1.54, 1.807) is 29.7 Å². The molecular formula is C16H21N3O3S. The van der Waals surface area contributed by atoms with Crippen LogP contribution in [0.15, 0.2) is 34.2 Å². The Bertz CT molecular complexity index is 745. The standard InChI is InChI=1S/C16H21N3O3S/c1-3-17-14(21)11(2)23-16-18-13-8-5-4-7-12(13)15(22)19(16)9-6-10-20/h4-5,7-8,11,20H,3,6,9-10H2,1-2H3,(H,17,21). The molecule has 0 aliphatic rings. The van der Waals surface area contributed by atoms with Crippen molar-refractivity contribution in [2.24, 2.45) is 0 Å². The van der Waals surface area contributed by atoms with Crippen molar-refractivity contribution >= 4 is 28.6 Å². The fourth-order valence-corrected chi connectivity index (χ4v) is 3.15. The number of aliphatic hydroxyl groups is 1. The Labute approximate surface area is 138 Å². The van der Waals surface area contributed by atoms with E-state index in [1.807, 2.05) is 13.0 Å². The van der Waals surface area contributed by atoms with E-state index in [-0.39, 0.29) is 23.3 Å². The zero-order valence-electron chi connectivity index (χ0n) is 13.3. The zero-order valence-corrected chi connectivity index (χ0v) is 14.1. The van der Waals surface area contributed by atoms with Gasteiger partial charge < -0.3 is 10.4 Å². The summed E-state index contributed by atoms with van der Waals surface area (Å²) in [7, 11) is 0. The number of hydrogen-bond donors (Lipinski definition) is 2. The molecule has 6 nitrogen and oxygen atoms in total. The summed E-state index contributed by atoms with van der Waals surface area (Å²) in [6, 6.07) is 7.15. The number of nitrogens with one attached hydrogen (secondary N) is 1. The zero-order chi connectivity index (χ0) is 16.8. The molecule has 2 rings (SSSR count).